The molecule has 0 aliphatic heterocycles. The third-order valence-corrected chi connectivity index (χ3v) is 5.49. The highest BCUT2D eigenvalue weighted by atomic mass is 16.6. The van der Waals surface area contributed by atoms with Gasteiger partial charge in [-0.15, -0.1) is 0 Å². The zero-order valence-electron chi connectivity index (χ0n) is 19.9. The van der Waals surface area contributed by atoms with Gasteiger partial charge in [-0.05, 0) is 81.0 Å². The fourth-order valence-electron chi connectivity index (χ4n) is 3.76. The fraction of sp³-hybridized carbons (Fsp3) is 0.250. The summed E-state index contributed by atoms with van der Waals surface area (Å²) in [5.74, 6) is -0.773. The largest absolute Gasteiger partial charge is 0.454 e. The van der Waals surface area contributed by atoms with Crippen LogP contribution in [-0.4, -0.2) is 17.9 Å². The SMILES string of the molecule is C=C(C)C(=O)Oc1ccc(-c2ccc(OC(=O)C(=C)C)c3c2CCC3OC(=O)C(=C)C)c(C)c1. The van der Waals surface area contributed by atoms with Crippen LogP contribution < -0.4 is 9.47 Å². The summed E-state index contributed by atoms with van der Waals surface area (Å²) in [6, 6.07) is 8.96. The summed E-state index contributed by atoms with van der Waals surface area (Å²) < 4.78 is 16.6. The van der Waals surface area contributed by atoms with Gasteiger partial charge in [-0.1, -0.05) is 31.9 Å². The summed E-state index contributed by atoms with van der Waals surface area (Å²) in [4.78, 5) is 36.3. The van der Waals surface area contributed by atoms with E-state index in [1.807, 2.05) is 19.1 Å². The molecule has 3 rings (SSSR count). The maximum atomic E-state index is 12.2. The van der Waals surface area contributed by atoms with Crippen molar-refractivity contribution >= 4 is 17.9 Å². The number of carbonyl (C=O) groups excluding carboxylic acids is 3. The first-order valence-corrected chi connectivity index (χ1v) is 10.9. The molecule has 0 heterocycles. The molecule has 0 saturated carbocycles. The summed E-state index contributed by atoms with van der Waals surface area (Å²) in [5.41, 5.74) is 5.21. The molecule has 6 nitrogen and oxygen atoms in total. The lowest BCUT2D eigenvalue weighted by molar-refractivity contribution is -0.144. The molecule has 1 atom stereocenters. The molecule has 0 amide bonds. The van der Waals surface area contributed by atoms with Crippen molar-refractivity contribution in [3.8, 4) is 22.6 Å². The summed E-state index contributed by atoms with van der Waals surface area (Å²) in [7, 11) is 0. The van der Waals surface area contributed by atoms with Crippen molar-refractivity contribution in [3.63, 3.8) is 0 Å². The van der Waals surface area contributed by atoms with Crippen LogP contribution in [-0.2, 0) is 25.5 Å². The molecule has 176 valence electrons. The van der Waals surface area contributed by atoms with Crippen LogP contribution in [0.1, 0.15) is 50.0 Å². The number of ether oxygens (including phenoxy) is 3. The fourth-order valence-corrected chi connectivity index (χ4v) is 3.76. The molecular weight excluding hydrogens is 432 g/mol. The van der Waals surface area contributed by atoms with E-state index in [1.165, 1.54) is 0 Å². The molecule has 0 radical (unpaired) electrons. The van der Waals surface area contributed by atoms with E-state index >= 15 is 0 Å². The van der Waals surface area contributed by atoms with E-state index < -0.39 is 24.0 Å². The number of aryl methyl sites for hydroxylation is 1. The number of fused-ring (bicyclic) bond motifs is 1. The van der Waals surface area contributed by atoms with Crippen LogP contribution >= 0.6 is 0 Å². The first-order valence-electron chi connectivity index (χ1n) is 10.9. The molecule has 6 heteroatoms. The lowest BCUT2D eigenvalue weighted by Gasteiger charge is -2.19. The van der Waals surface area contributed by atoms with Gasteiger partial charge >= 0.3 is 17.9 Å². The number of carbonyl (C=O) groups is 3. The Hall–Kier alpha value is -3.93. The van der Waals surface area contributed by atoms with Crippen LogP contribution in [0.4, 0.5) is 0 Å². The zero-order valence-corrected chi connectivity index (χ0v) is 19.9. The van der Waals surface area contributed by atoms with Gasteiger partial charge in [0.2, 0.25) is 0 Å². The highest BCUT2D eigenvalue weighted by Crippen LogP contribution is 2.46. The number of hydrogen-bond acceptors (Lipinski definition) is 6. The maximum absolute atomic E-state index is 12.2. The summed E-state index contributed by atoms with van der Waals surface area (Å²) >= 11 is 0. The zero-order chi connectivity index (χ0) is 25.2. The highest BCUT2D eigenvalue weighted by molar-refractivity contribution is 5.90. The minimum atomic E-state index is -0.567. The van der Waals surface area contributed by atoms with Crippen LogP contribution in [0.3, 0.4) is 0 Å². The van der Waals surface area contributed by atoms with E-state index in [1.54, 1.807) is 39.0 Å². The van der Waals surface area contributed by atoms with Crippen LogP contribution in [0.2, 0.25) is 0 Å². The molecular formula is C28H28O6. The second-order valence-corrected chi connectivity index (χ2v) is 8.53. The van der Waals surface area contributed by atoms with Crippen LogP contribution in [0.15, 0.2) is 66.8 Å². The highest BCUT2D eigenvalue weighted by Gasteiger charge is 2.33. The lowest BCUT2D eigenvalue weighted by Crippen LogP contribution is -2.14. The van der Waals surface area contributed by atoms with Crippen molar-refractivity contribution in [2.45, 2.75) is 46.6 Å². The molecule has 0 bridgehead atoms. The Balaban J connectivity index is 2.06. The quantitative estimate of drug-likeness (QED) is 0.298. The summed E-state index contributed by atoms with van der Waals surface area (Å²) in [6.07, 6.45) is 0.613. The predicted octanol–water partition coefficient (Wildman–Crippen LogP) is 5.73. The van der Waals surface area contributed by atoms with Crippen LogP contribution in [0.5, 0.6) is 11.5 Å². The maximum Gasteiger partial charge on any atom is 0.338 e. The molecule has 0 N–H and O–H groups in total. The van der Waals surface area contributed by atoms with Crippen LogP contribution in [0.25, 0.3) is 11.1 Å². The lowest BCUT2D eigenvalue weighted by atomic mass is 9.93. The van der Waals surface area contributed by atoms with E-state index in [4.69, 9.17) is 14.2 Å². The Morgan fingerprint density at radius 1 is 0.824 bits per heavy atom. The van der Waals surface area contributed by atoms with E-state index in [2.05, 4.69) is 19.7 Å². The Morgan fingerprint density at radius 3 is 2.00 bits per heavy atom. The van der Waals surface area contributed by atoms with Crippen molar-refractivity contribution in [3.05, 3.63) is 83.5 Å². The minimum absolute atomic E-state index is 0.266. The summed E-state index contributed by atoms with van der Waals surface area (Å²) in [5, 5.41) is 0. The number of benzene rings is 2. The average molecular weight is 461 g/mol. The van der Waals surface area contributed by atoms with E-state index in [0.717, 1.165) is 22.3 Å². The Morgan fingerprint density at radius 2 is 1.41 bits per heavy atom. The van der Waals surface area contributed by atoms with E-state index in [9.17, 15) is 14.4 Å². The normalized spacial score (nSPS) is 14.1. The van der Waals surface area contributed by atoms with Crippen molar-refractivity contribution in [2.75, 3.05) is 0 Å². The monoisotopic (exact) mass is 460 g/mol. The Labute approximate surface area is 199 Å². The molecule has 34 heavy (non-hydrogen) atoms. The molecule has 1 aliphatic carbocycles. The van der Waals surface area contributed by atoms with Gasteiger partial charge in [-0.2, -0.15) is 0 Å². The first-order chi connectivity index (χ1) is 16.0. The topological polar surface area (TPSA) is 78.9 Å². The third-order valence-electron chi connectivity index (χ3n) is 5.49. The average Bonchev–Trinajstić information content (AvgIpc) is 3.18. The van der Waals surface area contributed by atoms with Crippen LogP contribution in [0, 0.1) is 6.92 Å². The van der Waals surface area contributed by atoms with E-state index in [0.29, 0.717) is 41.1 Å². The molecule has 2 aromatic rings. The van der Waals surface area contributed by atoms with Crippen molar-refractivity contribution in [2.24, 2.45) is 0 Å². The van der Waals surface area contributed by atoms with Gasteiger partial charge in [-0.25, -0.2) is 14.4 Å². The third kappa shape index (κ3) is 5.17. The number of esters is 3. The molecule has 1 unspecified atom stereocenters. The van der Waals surface area contributed by atoms with Crippen molar-refractivity contribution < 1.29 is 28.6 Å². The van der Waals surface area contributed by atoms with Gasteiger partial charge < -0.3 is 14.2 Å². The minimum Gasteiger partial charge on any atom is -0.454 e. The first kappa shape index (κ1) is 24.7. The molecule has 0 aromatic heterocycles. The molecule has 1 aliphatic rings. The smallest absolute Gasteiger partial charge is 0.338 e. The molecule has 0 saturated heterocycles. The number of hydrogen-bond donors (Lipinski definition) is 0. The van der Waals surface area contributed by atoms with Crippen molar-refractivity contribution in [1.29, 1.82) is 0 Å². The molecule has 0 spiro atoms. The number of rotatable bonds is 7. The van der Waals surface area contributed by atoms with Gasteiger partial charge in [0.05, 0.1) is 0 Å². The van der Waals surface area contributed by atoms with Gasteiger partial charge in [0.15, 0.2) is 0 Å². The standard InChI is InChI=1S/C28H28O6/c1-15(2)26(29)32-19-8-9-20(18(7)14-19)21-10-12-23(33-27(30)16(3)4)25-22(21)11-13-24(25)34-28(31)17(5)6/h8-10,12,14,24H,1,3,5,11,13H2,2,4,6-7H3. The second-order valence-electron chi connectivity index (χ2n) is 8.53. The molecule has 0 fully saturated rings. The predicted molar refractivity (Wildman–Crippen MR) is 129 cm³/mol. The Bertz CT molecular complexity index is 1230. The van der Waals surface area contributed by atoms with Gasteiger partial charge in [0.25, 0.3) is 0 Å². The van der Waals surface area contributed by atoms with E-state index in [-0.39, 0.29) is 5.57 Å². The summed E-state index contributed by atoms with van der Waals surface area (Å²) in [6.45, 7) is 17.6. The van der Waals surface area contributed by atoms with Crippen molar-refractivity contribution in [1.82, 2.24) is 0 Å². The van der Waals surface area contributed by atoms with Gasteiger partial charge in [0.1, 0.15) is 17.6 Å². The second kappa shape index (κ2) is 9.91. The Kier molecular flexibility index (Phi) is 7.20. The van der Waals surface area contributed by atoms with Gasteiger partial charge in [0, 0.05) is 22.3 Å². The molecule has 2 aromatic carbocycles. The van der Waals surface area contributed by atoms with Gasteiger partial charge in [-0.3, -0.25) is 0 Å².